The number of aromatic nitrogens is 2. The molecular weight excluding hydrogens is 295 g/mol. The standard InChI is InChI=1S/C9H13N3O2.C2HF3O2/c13-8(14)4-1-2-5-10-9-11-6-3-7-12-9;3-2(4,5)1(6)7/h3,6-7H,1-2,4-5H2,(H,13,14)(H,10,11,12);(H,6,7). The van der Waals surface area contributed by atoms with Crippen LogP contribution >= 0.6 is 0 Å². The molecule has 0 amide bonds. The number of anilines is 1. The average molecular weight is 309 g/mol. The van der Waals surface area contributed by atoms with E-state index in [1.54, 1.807) is 18.5 Å². The van der Waals surface area contributed by atoms with Crippen LogP contribution in [0.1, 0.15) is 19.3 Å². The lowest BCUT2D eigenvalue weighted by atomic mass is 10.2. The van der Waals surface area contributed by atoms with Gasteiger partial charge in [0, 0.05) is 25.4 Å². The molecule has 0 aliphatic carbocycles. The van der Waals surface area contributed by atoms with Crippen LogP contribution in [0, 0.1) is 0 Å². The zero-order valence-electron chi connectivity index (χ0n) is 10.8. The van der Waals surface area contributed by atoms with Crippen molar-refractivity contribution >= 4 is 17.9 Å². The van der Waals surface area contributed by atoms with Crippen LogP contribution in [-0.4, -0.2) is 44.8 Å². The molecule has 0 aromatic carbocycles. The summed E-state index contributed by atoms with van der Waals surface area (Å²) >= 11 is 0. The Morgan fingerprint density at radius 2 is 1.67 bits per heavy atom. The number of carboxylic acid groups (broad SMARTS) is 2. The number of halogens is 3. The second-order valence-electron chi connectivity index (χ2n) is 3.65. The number of hydrogen-bond donors (Lipinski definition) is 3. The number of nitrogens with one attached hydrogen (secondary N) is 1. The Morgan fingerprint density at radius 3 is 2.10 bits per heavy atom. The number of unbranched alkanes of at least 4 members (excludes halogenated alkanes) is 1. The number of alkyl halides is 3. The summed E-state index contributed by atoms with van der Waals surface area (Å²) in [7, 11) is 0. The van der Waals surface area contributed by atoms with Crippen LogP contribution in [0.15, 0.2) is 18.5 Å². The number of carbonyl (C=O) groups is 2. The first-order chi connectivity index (χ1) is 9.73. The number of hydrogen-bond acceptors (Lipinski definition) is 5. The third-order valence-electron chi connectivity index (χ3n) is 1.91. The van der Waals surface area contributed by atoms with Gasteiger partial charge in [0.15, 0.2) is 0 Å². The fourth-order valence-corrected chi connectivity index (χ4v) is 0.992. The Balaban J connectivity index is 0.000000486. The van der Waals surface area contributed by atoms with Gasteiger partial charge in [0.1, 0.15) is 0 Å². The van der Waals surface area contributed by atoms with Crippen LogP contribution in [-0.2, 0) is 9.59 Å². The van der Waals surface area contributed by atoms with E-state index >= 15 is 0 Å². The largest absolute Gasteiger partial charge is 0.490 e. The van der Waals surface area contributed by atoms with E-state index in [9.17, 15) is 18.0 Å². The Bertz CT molecular complexity index is 440. The van der Waals surface area contributed by atoms with Crippen molar-refractivity contribution in [3.05, 3.63) is 18.5 Å². The predicted molar refractivity (Wildman–Crippen MR) is 65.7 cm³/mol. The van der Waals surface area contributed by atoms with E-state index in [1.165, 1.54) is 0 Å². The molecule has 0 bridgehead atoms. The van der Waals surface area contributed by atoms with Crippen LogP contribution in [0.25, 0.3) is 0 Å². The highest BCUT2D eigenvalue weighted by Crippen LogP contribution is 2.13. The van der Waals surface area contributed by atoms with E-state index in [0.29, 0.717) is 18.9 Å². The quantitative estimate of drug-likeness (QED) is 0.686. The molecule has 0 fully saturated rings. The minimum Gasteiger partial charge on any atom is -0.481 e. The van der Waals surface area contributed by atoms with Crippen LogP contribution in [0.4, 0.5) is 19.1 Å². The zero-order valence-corrected chi connectivity index (χ0v) is 10.8. The van der Waals surface area contributed by atoms with Gasteiger partial charge in [-0.2, -0.15) is 13.2 Å². The molecule has 0 aliphatic heterocycles. The van der Waals surface area contributed by atoms with Crippen molar-refractivity contribution in [3.8, 4) is 0 Å². The van der Waals surface area contributed by atoms with Crippen LogP contribution < -0.4 is 5.32 Å². The number of aliphatic carboxylic acids is 2. The van der Waals surface area contributed by atoms with Gasteiger partial charge >= 0.3 is 18.1 Å². The number of carboxylic acids is 2. The summed E-state index contributed by atoms with van der Waals surface area (Å²) in [4.78, 5) is 27.0. The lowest BCUT2D eigenvalue weighted by Crippen LogP contribution is -2.21. The molecule has 0 saturated carbocycles. The summed E-state index contributed by atoms with van der Waals surface area (Å²) in [6.07, 6.45) is -0.0593. The maximum absolute atomic E-state index is 10.6. The lowest BCUT2D eigenvalue weighted by molar-refractivity contribution is -0.192. The van der Waals surface area contributed by atoms with E-state index in [-0.39, 0.29) is 6.42 Å². The van der Waals surface area contributed by atoms with Crippen molar-refractivity contribution in [1.82, 2.24) is 9.97 Å². The topological polar surface area (TPSA) is 112 Å². The van der Waals surface area contributed by atoms with Crippen molar-refractivity contribution < 1.29 is 33.0 Å². The molecule has 0 atom stereocenters. The summed E-state index contributed by atoms with van der Waals surface area (Å²) in [5.41, 5.74) is 0. The van der Waals surface area contributed by atoms with Crippen molar-refractivity contribution in [2.24, 2.45) is 0 Å². The molecule has 0 spiro atoms. The highest BCUT2D eigenvalue weighted by Gasteiger charge is 2.38. The second kappa shape index (κ2) is 9.50. The molecule has 1 rings (SSSR count). The van der Waals surface area contributed by atoms with E-state index in [0.717, 1.165) is 6.42 Å². The molecular formula is C11H14F3N3O4. The molecule has 0 saturated heterocycles. The van der Waals surface area contributed by atoms with E-state index in [2.05, 4.69) is 15.3 Å². The number of rotatable bonds is 6. The molecule has 10 heteroatoms. The van der Waals surface area contributed by atoms with Gasteiger partial charge in [-0.3, -0.25) is 4.79 Å². The van der Waals surface area contributed by atoms with Gasteiger partial charge < -0.3 is 15.5 Å². The molecule has 1 heterocycles. The van der Waals surface area contributed by atoms with Crippen molar-refractivity contribution in [3.63, 3.8) is 0 Å². The maximum atomic E-state index is 10.6. The molecule has 7 nitrogen and oxygen atoms in total. The van der Waals surface area contributed by atoms with Crippen molar-refractivity contribution in [2.45, 2.75) is 25.4 Å². The summed E-state index contributed by atoms with van der Waals surface area (Å²) in [5.74, 6) is -2.92. The van der Waals surface area contributed by atoms with Gasteiger partial charge in [0.25, 0.3) is 0 Å². The van der Waals surface area contributed by atoms with Gasteiger partial charge in [-0.25, -0.2) is 14.8 Å². The summed E-state index contributed by atoms with van der Waals surface area (Å²) in [5, 5.41) is 18.5. The lowest BCUT2D eigenvalue weighted by Gasteiger charge is -2.02. The monoisotopic (exact) mass is 309 g/mol. The maximum Gasteiger partial charge on any atom is 0.490 e. The SMILES string of the molecule is O=C(O)C(F)(F)F.O=C(O)CCCCNc1ncccn1. The molecule has 21 heavy (non-hydrogen) atoms. The first-order valence-electron chi connectivity index (χ1n) is 5.76. The Labute approximate surface area is 117 Å². The van der Waals surface area contributed by atoms with E-state index < -0.39 is 18.1 Å². The highest BCUT2D eigenvalue weighted by atomic mass is 19.4. The highest BCUT2D eigenvalue weighted by molar-refractivity contribution is 5.73. The first kappa shape index (κ1) is 18.6. The zero-order chi connectivity index (χ0) is 16.3. The minimum absolute atomic E-state index is 0.220. The third-order valence-corrected chi connectivity index (χ3v) is 1.91. The number of nitrogens with zero attached hydrogens (tertiary/aromatic N) is 2. The van der Waals surface area contributed by atoms with Crippen LogP contribution in [0.3, 0.4) is 0 Å². The predicted octanol–water partition coefficient (Wildman–Crippen LogP) is 1.78. The van der Waals surface area contributed by atoms with Gasteiger partial charge in [0.2, 0.25) is 5.95 Å². The summed E-state index contributed by atoms with van der Waals surface area (Å²) < 4.78 is 31.7. The molecule has 1 aromatic rings. The van der Waals surface area contributed by atoms with Gasteiger partial charge in [0.05, 0.1) is 0 Å². The van der Waals surface area contributed by atoms with E-state index in [1.807, 2.05) is 0 Å². The average Bonchev–Trinajstić information content (AvgIpc) is 2.39. The van der Waals surface area contributed by atoms with Crippen LogP contribution in [0.2, 0.25) is 0 Å². The summed E-state index contributed by atoms with van der Waals surface area (Å²) in [6, 6.07) is 1.75. The third kappa shape index (κ3) is 11.2. The van der Waals surface area contributed by atoms with Gasteiger partial charge in [-0.1, -0.05) is 0 Å². The summed E-state index contributed by atoms with van der Waals surface area (Å²) in [6.45, 7) is 0.706. The smallest absolute Gasteiger partial charge is 0.481 e. The fraction of sp³-hybridized carbons (Fsp3) is 0.455. The normalized spacial score (nSPS) is 10.2. The second-order valence-corrected chi connectivity index (χ2v) is 3.65. The van der Waals surface area contributed by atoms with Crippen molar-refractivity contribution in [2.75, 3.05) is 11.9 Å². The van der Waals surface area contributed by atoms with Gasteiger partial charge in [-0.15, -0.1) is 0 Å². The molecule has 0 radical (unpaired) electrons. The molecule has 3 N–H and O–H groups in total. The Kier molecular flexibility index (Phi) is 8.42. The van der Waals surface area contributed by atoms with Gasteiger partial charge in [-0.05, 0) is 18.9 Å². The van der Waals surface area contributed by atoms with E-state index in [4.69, 9.17) is 15.0 Å². The first-order valence-corrected chi connectivity index (χ1v) is 5.76. The van der Waals surface area contributed by atoms with Crippen LogP contribution in [0.5, 0.6) is 0 Å². The Hall–Kier alpha value is -2.39. The molecule has 118 valence electrons. The minimum atomic E-state index is -5.08. The fourth-order valence-electron chi connectivity index (χ4n) is 0.992. The van der Waals surface area contributed by atoms with Crippen molar-refractivity contribution in [1.29, 1.82) is 0 Å². The Morgan fingerprint density at radius 1 is 1.14 bits per heavy atom. The molecule has 0 aliphatic rings. The molecule has 1 aromatic heterocycles. The molecule has 0 unspecified atom stereocenters.